The molecule has 0 radical (unpaired) electrons. The summed E-state index contributed by atoms with van der Waals surface area (Å²) in [5.74, 6) is -0.806. The van der Waals surface area contributed by atoms with Crippen molar-refractivity contribution in [3.05, 3.63) is 52.3 Å². The molecule has 5 nitrogen and oxygen atoms in total. The number of nitrogens with zero attached hydrogens (tertiary/aromatic N) is 2. The van der Waals surface area contributed by atoms with Crippen molar-refractivity contribution in [2.24, 2.45) is 0 Å². The fourth-order valence-corrected chi connectivity index (χ4v) is 4.55. The Bertz CT molecular complexity index is 1080. The van der Waals surface area contributed by atoms with E-state index in [9.17, 15) is 14.4 Å². The van der Waals surface area contributed by atoms with Gasteiger partial charge in [0.25, 0.3) is 0 Å². The first kappa shape index (κ1) is 15.5. The molecule has 2 aromatic heterocycles. The summed E-state index contributed by atoms with van der Waals surface area (Å²) >= 11 is 1.35. The molecule has 0 saturated heterocycles. The van der Waals surface area contributed by atoms with E-state index in [1.807, 2.05) is 0 Å². The number of halogens is 1. The van der Waals surface area contributed by atoms with Crippen LogP contribution in [0, 0.1) is 24.1 Å². The topological polar surface area (TPSA) is 91.8 Å². The van der Waals surface area contributed by atoms with Crippen molar-refractivity contribution in [1.82, 2.24) is 4.98 Å². The summed E-state index contributed by atoms with van der Waals surface area (Å²) in [4.78, 5) is 16.6. The quantitative estimate of drug-likeness (QED) is 0.699. The van der Waals surface area contributed by atoms with E-state index in [4.69, 9.17) is 5.73 Å². The molecule has 1 aliphatic rings. The van der Waals surface area contributed by atoms with E-state index in [2.05, 4.69) is 16.4 Å². The van der Waals surface area contributed by atoms with Crippen LogP contribution >= 0.6 is 11.3 Å². The molecule has 7 heteroatoms. The summed E-state index contributed by atoms with van der Waals surface area (Å²) in [5, 5.41) is 12.8. The van der Waals surface area contributed by atoms with Gasteiger partial charge in [-0.3, -0.25) is 4.79 Å². The number of carbonyl (C=O) groups excluding carboxylic acids is 1. The van der Waals surface area contributed by atoms with Crippen LogP contribution in [-0.4, -0.2) is 10.9 Å². The van der Waals surface area contributed by atoms with Gasteiger partial charge in [0.05, 0.1) is 15.8 Å². The van der Waals surface area contributed by atoms with Gasteiger partial charge in [-0.2, -0.15) is 5.26 Å². The van der Waals surface area contributed by atoms with E-state index in [1.54, 1.807) is 25.1 Å². The van der Waals surface area contributed by atoms with Gasteiger partial charge in [0.2, 0.25) is 5.91 Å². The minimum Gasteiger partial charge on any atom is -0.383 e. The number of amides is 1. The van der Waals surface area contributed by atoms with Crippen molar-refractivity contribution >= 4 is 38.3 Å². The maximum Gasteiger partial charge on any atom is 0.225 e. The normalized spacial score (nSPS) is 16.4. The van der Waals surface area contributed by atoms with Crippen LogP contribution in [0.4, 0.5) is 15.2 Å². The van der Waals surface area contributed by atoms with Crippen molar-refractivity contribution in [3.63, 3.8) is 0 Å². The summed E-state index contributed by atoms with van der Waals surface area (Å²) in [6.45, 7) is 1.81. The number of nitrogens with one attached hydrogen (secondary N) is 1. The highest BCUT2D eigenvalue weighted by Crippen LogP contribution is 2.48. The van der Waals surface area contributed by atoms with Crippen LogP contribution in [0.5, 0.6) is 0 Å². The molecule has 3 aromatic rings. The molecular formula is C18H13FN4OS. The van der Waals surface area contributed by atoms with E-state index in [0.29, 0.717) is 21.6 Å². The lowest BCUT2D eigenvalue weighted by Crippen LogP contribution is -2.23. The number of nitrogen functional groups attached to an aromatic ring is 1. The molecule has 3 heterocycles. The van der Waals surface area contributed by atoms with Gasteiger partial charge in [-0.15, -0.1) is 11.3 Å². The standard InChI is InChI=1S/C18H13FN4OS/c1-8-11(7-20)17(21)23-15-14-10(9-4-2-3-5-12(9)19)6-13(24)22-18(14)25-16(8)15/h2-5,10H,6H2,1H3,(H2,21,23)(H,22,24)/t10-/m0/s1. The van der Waals surface area contributed by atoms with Crippen LogP contribution in [0.2, 0.25) is 0 Å². The van der Waals surface area contributed by atoms with Crippen molar-refractivity contribution in [2.75, 3.05) is 11.1 Å². The molecule has 0 spiro atoms. The Kier molecular flexibility index (Phi) is 3.44. The number of hydrogen-bond donors (Lipinski definition) is 2. The Morgan fingerprint density at radius 1 is 1.44 bits per heavy atom. The number of benzene rings is 1. The monoisotopic (exact) mass is 352 g/mol. The first-order chi connectivity index (χ1) is 12.0. The van der Waals surface area contributed by atoms with Crippen LogP contribution in [0.25, 0.3) is 10.2 Å². The average Bonchev–Trinajstić information content (AvgIpc) is 2.93. The van der Waals surface area contributed by atoms with E-state index >= 15 is 0 Å². The maximum atomic E-state index is 14.4. The number of aromatic nitrogens is 1. The molecule has 3 N–H and O–H groups in total. The molecule has 1 aromatic carbocycles. The van der Waals surface area contributed by atoms with Crippen LogP contribution in [0.15, 0.2) is 24.3 Å². The molecule has 25 heavy (non-hydrogen) atoms. The highest BCUT2D eigenvalue weighted by atomic mass is 32.1. The molecule has 0 fully saturated rings. The van der Waals surface area contributed by atoms with Gasteiger partial charge < -0.3 is 11.1 Å². The molecule has 1 atom stereocenters. The number of thiophene rings is 1. The largest absolute Gasteiger partial charge is 0.383 e. The van der Waals surface area contributed by atoms with Gasteiger partial charge in [0.15, 0.2) is 0 Å². The number of nitriles is 1. The summed E-state index contributed by atoms with van der Waals surface area (Å²) in [6.07, 6.45) is 0.139. The molecule has 0 unspecified atom stereocenters. The Balaban J connectivity index is 2.05. The third-order valence-electron chi connectivity index (χ3n) is 4.51. The number of anilines is 2. The zero-order valence-corrected chi connectivity index (χ0v) is 14.1. The van der Waals surface area contributed by atoms with Gasteiger partial charge >= 0.3 is 0 Å². The zero-order chi connectivity index (χ0) is 17.7. The maximum absolute atomic E-state index is 14.4. The summed E-state index contributed by atoms with van der Waals surface area (Å²) in [5.41, 5.74) is 8.86. The third-order valence-corrected chi connectivity index (χ3v) is 5.74. The van der Waals surface area contributed by atoms with Crippen molar-refractivity contribution in [1.29, 1.82) is 5.26 Å². The van der Waals surface area contributed by atoms with Crippen molar-refractivity contribution in [3.8, 4) is 6.07 Å². The van der Waals surface area contributed by atoms with Gasteiger partial charge in [-0.05, 0) is 24.1 Å². The van der Waals surface area contributed by atoms with E-state index in [1.165, 1.54) is 17.4 Å². The number of fused-ring (bicyclic) bond motifs is 3. The first-order valence-corrected chi connectivity index (χ1v) is 8.49. The minimum absolute atomic E-state index is 0.139. The van der Waals surface area contributed by atoms with Gasteiger partial charge in [-0.25, -0.2) is 9.37 Å². The summed E-state index contributed by atoms with van der Waals surface area (Å²) in [7, 11) is 0. The number of nitrogens with two attached hydrogens (primary N) is 1. The summed E-state index contributed by atoms with van der Waals surface area (Å²) in [6, 6.07) is 8.51. The van der Waals surface area contributed by atoms with Crippen LogP contribution < -0.4 is 11.1 Å². The number of hydrogen-bond acceptors (Lipinski definition) is 5. The number of pyridine rings is 1. The van der Waals surface area contributed by atoms with Crippen LogP contribution in [0.3, 0.4) is 0 Å². The highest BCUT2D eigenvalue weighted by molar-refractivity contribution is 7.23. The van der Waals surface area contributed by atoms with Crippen LogP contribution in [-0.2, 0) is 4.79 Å². The van der Waals surface area contributed by atoms with E-state index in [-0.39, 0.29) is 24.0 Å². The third kappa shape index (κ3) is 2.26. The lowest BCUT2D eigenvalue weighted by atomic mass is 9.86. The fourth-order valence-electron chi connectivity index (χ4n) is 3.33. The molecule has 0 saturated carbocycles. The SMILES string of the molecule is Cc1c(C#N)c(N)nc2c3c(sc12)NC(=O)C[C@H]3c1ccccc1F. The second-order valence-electron chi connectivity index (χ2n) is 5.96. The number of carbonyl (C=O) groups is 1. The molecule has 0 aliphatic carbocycles. The van der Waals surface area contributed by atoms with Crippen LogP contribution in [0.1, 0.15) is 34.6 Å². The second-order valence-corrected chi connectivity index (χ2v) is 6.98. The number of rotatable bonds is 1. The average molecular weight is 352 g/mol. The molecule has 124 valence electrons. The lowest BCUT2D eigenvalue weighted by molar-refractivity contribution is -0.116. The molecule has 1 aliphatic heterocycles. The Morgan fingerprint density at radius 3 is 2.92 bits per heavy atom. The molecular weight excluding hydrogens is 339 g/mol. The fraction of sp³-hybridized carbons (Fsp3) is 0.167. The molecule has 0 bridgehead atoms. The van der Waals surface area contributed by atoms with Gasteiger partial charge in [0.1, 0.15) is 22.7 Å². The van der Waals surface area contributed by atoms with Crippen molar-refractivity contribution in [2.45, 2.75) is 19.3 Å². The van der Waals surface area contributed by atoms with Gasteiger partial charge in [-0.1, -0.05) is 18.2 Å². The first-order valence-electron chi connectivity index (χ1n) is 7.68. The van der Waals surface area contributed by atoms with E-state index < -0.39 is 5.92 Å². The Morgan fingerprint density at radius 2 is 2.20 bits per heavy atom. The van der Waals surface area contributed by atoms with Gasteiger partial charge in [0, 0.05) is 17.9 Å². The smallest absolute Gasteiger partial charge is 0.225 e. The Labute approximate surface area is 146 Å². The molecule has 1 amide bonds. The molecule has 4 rings (SSSR count). The highest BCUT2D eigenvalue weighted by Gasteiger charge is 2.33. The lowest BCUT2D eigenvalue weighted by Gasteiger charge is -2.23. The predicted octanol–water partition coefficient (Wildman–Crippen LogP) is 3.67. The second kappa shape index (κ2) is 5.53. The minimum atomic E-state index is -0.432. The van der Waals surface area contributed by atoms with Crippen molar-refractivity contribution < 1.29 is 9.18 Å². The zero-order valence-electron chi connectivity index (χ0n) is 13.3. The van der Waals surface area contributed by atoms with E-state index in [0.717, 1.165) is 15.8 Å². The summed E-state index contributed by atoms with van der Waals surface area (Å²) < 4.78 is 15.2. The Hall–Kier alpha value is -2.98. The number of aryl methyl sites for hydroxylation is 1. The predicted molar refractivity (Wildman–Crippen MR) is 95.0 cm³/mol.